The summed E-state index contributed by atoms with van der Waals surface area (Å²) in [6, 6.07) is 18.3. The molecule has 1 aliphatic rings. The summed E-state index contributed by atoms with van der Waals surface area (Å²) in [7, 11) is 0. The number of carbonyl (C=O) groups is 1. The van der Waals surface area contributed by atoms with Crippen LogP contribution in [0, 0.1) is 0 Å². The van der Waals surface area contributed by atoms with Gasteiger partial charge in [0.15, 0.2) is 0 Å². The standard InChI is InChI=1S/C23H22N4O2S2/c28-21(15-30-23-26-25-20(29-23)14-16-6-2-1-3-7-16)27-12-10-17(11-13-27)22-24-18-8-4-5-9-19(18)31-22/h1-9,17H,10-15H2. The van der Waals surface area contributed by atoms with E-state index in [1.54, 1.807) is 11.3 Å². The van der Waals surface area contributed by atoms with Gasteiger partial charge in [-0.2, -0.15) is 0 Å². The molecule has 3 heterocycles. The van der Waals surface area contributed by atoms with Gasteiger partial charge in [-0.1, -0.05) is 54.2 Å². The first-order chi connectivity index (χ1) is 15.2. The average molecular weight is 451 g/mol. The van der Waals surface area contributed by atoms with E-state index in [4.69, 9.17) is 9.40 Å². The van der Waals surface area contributed by atoms with Gasteiger partial charge in [0.25, 0.3) is 5.22 Å². The van der Waals surface area contributed by atoms with Crippen molar-refractivity contribution in [2.75, 3.05) is 18.8 Å². The largest absolute Gasteiger partial charge is 0.416 e. The zero-order chi connectivity index (χ0) is 21.0. The fourth-order valence-corrected chi connectivity index (χ4v) is 5.61. The molecule has 1 saturated heterocycles. The number of rotatable bonds is 6. The first-order valence-corrected chi connectivity index (χ1v) is 12.2. The van der Waals surface area contributed by atoms with Gasteiger partial charge in [0.2, 0.25) is 11.8 Å². The van der Waals surface area contributed by atoms with Gasteiger partial charge in [0.05, 0.1) is 27.4 Å². The smallest absolute Gasteiger partial charge is 0.277 e. The minimum Gasteiger partial charge on any atom is -0.416 e. The molecule has 0 saturated carbocycles. The number of aromatic nitrogens is 3. The second-order valence-electron chi connectivity index (χ2n) is 7.59. The van der Waals surface area contributed by atoms with Gasteiger partial charge in [-0.25, -0.2) is 4.98 Å². The van der Waals surface area contributed by atoms with Gasteiger partial charge in [-0.3, -0.25) is 4.79 Å². The Hall–Kier alpha value is -2.71. The Morgan fingerprint density at radius 1 is 1.06 bits per heavy atom. The number of fused-ring (bicyclic) bond motifs is 1. The van der Waals surface area contributed by atoms with E-state index in [0.29, 0.717) is 29.2 Å². The third-order valence-electron chi connectivity index (χ3n) is 5.47. The van der Waals surface area contributed by atoms with E-state index in [0.717, 1.165) is 37.0 Å². The minimum absolute atomic E-state index is 0.121. The van der Waals surface area contributed by atoms with Gasteiger partial charge < -0.3 is 9.32 Å². The summed E-state index contributed by atoms with van der Waals surface area (Å²) in [5, 5.41) is 9.81. The van der Waals surface area contributed by atoms with E-state index in [-0.39, 0.29) is 5.91 Å². The second kappa shape index (κ2) is 9.20. The number of amides is 1. The molecule has 6 nitrogen and oxygen atoms in total. The lowest BCUT2D eigenvalue weighted by molar-refractivity contribution is -0.129. The molecule has 0 spiro atoms. The number of hydrogen-bond donors (Lipinski definition) is 0. The topological polar surface area (TPSA) is 72.1 Å². The Kier molecular flexibility index (Phi) is 5.99. The molecular formula is C23H22N4O2S2. The zero-order valence-electron chi connectivity index (χ0n) is 16.9. The minimum atomic E-state index is 0.121. The van der Waals surface area contributed by atoms with Crippen LogP contribution in [0.3, 0.4) is 0 Å². The van der Waals surface area contributed by atoms with Crippen LogP contribution < -0.4 is 0 Å². The molecule has 8 heteroatoms. The number of carbonyl (C=O) groups excluding carboxylic acids is 1. The molecule has 0 bridgehead atoms. The van der Waals surface area contributed by atoms with E-state index in [1.165, 1.54) is 21.5 Å². The number of thiazole rings is 1. The Morgan fingerprint density at radius 3 is 2.65 bits per heavy atom. The molecular weight excluding hydrogens is 428 g/mol. The summed E-state index contributed by atoms with van der Waals surface area (Å²) in [5.74, 6) is 1.44. The molecule has 0 radical (unpaired) electrons. The molecule has 2 aromatic carbocycles. The first-order valence-electron chi connectivity index (χ1n) is 10.4. The van der Waals surface area contributed by atoms with Crippen molar-refractivity contribution in [3.8, 4) is 0 Å². The summed E-state index contributed by atoms with van der Waals surface area (Å²) < 4.78 is 6.93. The van der Waals surface area contributed by atoms with E-state index in [2.05, 4.69) is 28.4 Å². The fraction of sp³-hybridized carbons (Fsp3) is 0.304. The normalized spacial score (nSPS) is 14.9. The summed E-state index contributed by atoms with van der Waals surface area (Å²) in [5.41, 5.74) is 2.19. The molecule has 0 aliphatic carbocycles. The van der Waals surface area contributed by atoms with Crippen molar-refractivity contribution in [1.82, 2.24) is 20.1 Å². The first kappa shape index (κ1) is 20.2. The number of thioether (sulfide) groups is 1. The fourth-order valence-electron chi connectivity index (χ4n) is 3.79. The number of benzene rings is 2. The predicted octanol–water partition coefficient (Wildman–Crippen LogP) is 4.77. The van der Waals surface area contributed by atoms with Crippen molar-refractivity contribution >= 4 is 39.2 Å². The van der Waals surface area contributed by atoms with Crippen molar-refractivity contribution < 1.29 is 9.21 Å². The average Bonchev–Trinajstić information content (AvgIpc) is 3.45. The Morgan fingerprint density at radius 2 is 1.84 bits per heavy atom. The predicted molar refractivity (Wildman–Crippen MR) is 122 cm³/mol. The number of piperidine rings is 1. The maximum absolute atomic E-state index is 12.7. The molecule has 1 aliphatic heterocycles. The number of hydrogen-bond acceptors (Lipinski definition) is 7. The molecule has 31 heavy (non-hydrogen) atoms. The van der Waals surface area contributed by atoms with Crippen molar-refractivity contribution in [3.63, 3.8) is 0 Å². The van der Waals surface area contributed by atoms with Crippen molar-refractivity contribution in [2.45, 2.75) is 30.4 Å². The Balaban J connectivity index is 1.11. The molecule has 1 fully saturated rings. The zero-order valence-corrected chi connectivity index (χ0v) is 18.6. The lowest BCUT2D eigenvalue weighted by Crippen LogP contribution is -2.38. The highest BCUT2D eigenvalue weighted by Crippen LogP contribution is 2.34. The Labute approximate surface area is 188 Å². The molecule has 4 aromatic rings. The third kappa shape index (κ3) is 4.80. The van der Waals surface area contributed by atoms with E-state index in [1.807, 2.05) is 41.3 Å². The van der Waals surface area contributed by atoms with Crippen LogP contribution in [0.1, 0.15) is 35.2 Å². The summed E-state index contributed by atoms with van der Waals surface area (Å²) in [6.45, 7) is 1.53. The van der Waals surface area contributed by atoms with Crippen LogP contribution in [-0.2, 0) is 11.2 Å². The van der Waals surface area contributed by atoms with E-state index >= 15 is 0 Å². The molecule has 1 amide bonds. The molecule has 0 unspecified atom stereocenters. The monoisotopic (exact) mass is 450 g/mol. The van der Waals surface area contributed by atoms with Crippen molar-refractivity contribution in [1.29, 1.82) is 0 Å². The van der Waals surface area contributed by atoms with Crippen LogP contribution >= 0.6 is 23.1 Å². The second-order valence-corrected chi connectivity index (χ2v) is 9.58. The third-order valence-corrected chi connectivity index (χ3v) is 7.48. The summed E-state index contributed by atoms with van der Waals surface area (Å²) in [6.07, 6.45) is 2.51. The number of para-hydroxylation sites is 1. The van der Waals surface area contributed by atoms with Crippen molar-refractivity contribution in [3.05, 3.63) is 71.1 Å². The number of likely N-dealkylation sites (tertiary alicyclic amines) is 1. The van der Waals surface area contributed by atoms with Crippen LogP contribution in [0.4, 0.5) is 0 Å². The van der Waals surface area contributed by atoms with Gasteiger partial charge in [0, 0.05) is 19.0 Å². The van der Waals surface area contributed by atoms with Crippen LogP contribution in [0.2, 0.25) is 0 Å². The molecule has 0 atom stereocenters. The lowest BCUT2D eigenvalue weighted by atomic mass is 9.97. The van der Waals surface area contributed by atoms with Crippen LogP contribution in [-0.4, -0.2) is 44.8 Å². The van der Waals surface area contributed by atoms with E-state index in [9.17, 15) is 4.79 Å². The maximum Gasteiger partial charge on any atom is 0.277 e. The lowest BCUT2D eigenvalue weighted by Gasteiger charge is -2.31. The molecule has 158 valence electrons. The number of nitrogens with zero attached hydrogens (tertiary/aromatic N) is 4. The Bertz CT molecular complexity index is 1130. The molecule has 5 rings (SSSR count). The van der Waals surface area contributed by atoms with E-state index < -0.39 is 0 Å². The molecule has 0 N–H and O–H groups in total. The van der Waals surface area contributed by atoms with Crippen LogP contribution in [0.25, 0.3) is 10.2 Å². The van der Waals surface area contributed by atoms with Crippen LogP contribution in [0.15, 0.2) is 64.2 Å². The van der Waals surface area contributed by atoms with Crippen LogP contribution in [0.5, 0.6) is 0 Å². The van der Waals surface area contributed by atoms with Gasteiger partial charge in [0.1, 0.15) is 0 Å². The van der Waals surface area contributed by atoms with Gasteiger partial charge in [-0.15, -0.1) is 21.5 Å². The van der Waals surface area contributed by atoms with Crippen molar-refractivity contribution in [2.24, 2.45) is 0 Å². The van der Waals surface area contributed by atoms with Gasteiger partial charge in [-0.05, 0) is 30.5 Å². The summed E-state index contributed by atoms with van der Waals surface area (Å²) >= 11 is 3.09. The highest BCUT2D eigenvalue weighted by atomic mass is 32.2. The highest BCUT2D eigenvalue weighted by molar-refractivity contribution is 7.99. The quantitative estimate of drug-likeness (QED) is 0.394. The van der Waals surface area contributed by atoms with Gasteiger partial charge >= 0.3 is 0 Å². The molecule has 2 aromatic heterocycles. The maximum atomic E-state index is 12.7. The SMILES string of the molecule is O=C(CSc1nnc(Cc2ccccc2)o1)N1CCC(c2nc3ccccc3s2)CC1. The highest BCUT2D eigenvalue weighted by Gasteiger charge is 2.26. The summed E-state index contributed by atoms with van der Waals surface area (Å²) in [4.78, 5) is 19.4.